The number of carbonyl (C=O) groups is 1. The number of aryl methyl sites for hydroxylation is 1. The van der Waals surface area contributed by atoms with Crippen molar-refractivity contribution in [2.75, 3.05) is 5.73 Å². The molecule has 0 aliphatic rings. The van der Waals surface area contributed by atoms with Gasteiger partial charge in [-0.3, -0.25) is 14.2 Å². The highest BCUT2D eigenvalue weighted by Gasteiger charge is 2.20. The molecule has 2 rings (SSSR count). The van der Waals surface area contributed by atoms with Crippen molar-refractivity contribution in [3.8, 4) is 0 Å². The van der Waals surface area contributed by atoms with Gasteiger partial charge in [0.05, 0.1) is 10.6 Å². The minimum Gasteiger partial charge on any atom is -0.398 e. The summed E-state index contributed by atoms with van der Waals surface area (Å²) in [6.45, 7) is 0. The number of hydrogen-bond donors (Lipinski definition) is 1. The van der Waals surface area contributed by atoms with Gasteiger partial charge in [-0.1, -0.05) is 17.7 Å². The molecule has 0 saturated carbocycles. The van der Waals surface area contributed by atoms with Gasteiger partial charge < -0.3 is 10.3 Å². The fourth-order valence-electron chi connectivity index (χ4n) is 1.88. The van der Waals surface area contributed by atoms with E-state index in [4.69, 9.17) is 17.3 Å². The lowest BCUT2D eigenvalue weighted by Gasteiger charge is -2.09. The van der Waals surface area contributed by atoms with Gasteiger partial charge in [-0.25, -0.2) is 4.79 Å². The van der Waals surface area contributed by atoms with Gasteiger partial charge in [-0.15, -0.1) is 0 Å². The maximum absolute atomic E-state index is 12.4. The third-order valence-corrected chi connectivity index (χ3v) is 3.28. The molecule has 20 heavy (non-hydrogen) atoms. The van der Waals surface area contributed by atoms with Gasteiger partial charge >= 0.3 is 5.69 Å². The number of benzene rings is 1. The number of rotatable bonds is 2. The molecule has 1 heterocycles. The van der Waals surface area contributed by atoms with Gasteiger partial charge in [-0.2, -0.15) is 0 Å². The normalized spacial score (nSPS) is 10.6. The van der Waals surface area contributed by atoms with Crippen molar-refractivity contribution in [1.82, 2.24) is 9.13 Å². The van der Waals surface area contributed by atoms with Crippen molar-refractivity contribution in [2.24, 2.45) is 14.1 Å². The zero-order chi connectivity index (χ0) is 15.0. The number of hydrogen-bond acceptors (Lipinski definition) is 4. The number of anilines is 1. The summed E-state index contributed by atoms with van der Waals surface area (Å²) in [5.74, 6) is -0.607. The van der Waals surface area contributed by atoms with E-state index in [9.17, 15) is 14.4 Å². The Bertz CT molecular complexity index is 800. The molecule has 0 fully saturated rings. The van der Waals surface area contributed by atoms with Gasteiger partial charge in [0.15, 0.2) is 0 Å². The average Bonchev–Trinajstić information content (AvgIpc) is 2.40. The second-order valence-electron chi connectivity index (χ2n) is 4.33. The number of halogens is 1. The van der Waals surface area contributed by atoms with Crippen LogP contribution >= 0.6 is 11.6 Å². The van der Waals surface area contributed by atoms with Crippen LogP contribution in [-0.2, 0) is 14.1 Å². The largest absolute Gasteiger partial charge is 0.398 e. The summed E-state index contributed by atoms with van der Waals surface area (Å²) in [5.41, 5.74) is 4.62. The molecule has 0 saturated heterocycles. The summed E-state index contributed by atoms with van der Waals surface area (Å²) in [4.78, 5) is 36.1. The molecule has 0 radical (unpaired) electrons. The predicted molar refractivity (Wildman–Crippen MR) is 76.2 cm³/mol. The van der Waals surface area contributed by atoms with Crippen molar-refractivity contribution >= 4 is 23.1 Å². The van der Waals surface area contributed by atoms with Crippen LogP contribution in [0.15, 0.2) is 34.0 Å². The Balaban J connectivity index is 2.73. The van der Waals surface area contributed by atoms with Crippen molar-refractivity contribution < 1.29 is 4.79 Å². The van der Waals surface area contributed by atoms with Crippen LogP contribution < -0.4 is 17.0 Å². The second-order valence-corrected chi connectivity index (χ2v) is 4.74. The summed E-state index contributed by atoms with van der Waals surface area (Å²) >= 11 is 5.96. The van der Waals surface area contributed by atoms with Crippen LogP contribution in [0.2, 0.25) is 5.02 Å². The van der Waals surface area contributed by atoms with Crippen LogP contribution in [-0.4, -0.2) is 14.9 Å². The molecule has 7 heteroatoms. The Morgan fingerprint density at radius 1 is 1.25 bits per heavy atom. The molecule has 0 aliphatic heterocycles. The molecule has 6 nitrogen and oxygen atoms in total. The van der Waals surface area contributed by atoms with Crippen LogP contribution in [0.4, 0.5) is 5.69 Å². The minimum absolute atomic E-state index is 0.0601. The highest BCUT2D eigenvalue weighted by atomic mass is 35.5. The Kier molecular flexibility index (Phi) is 3.50. The summed E-state index contributed by atoms with van der Waals surface area (Å²) < 4.78 is 2.02. The van der Waals surface area contributed by atoms with Gasteiger partial charge in [0.25, 0.3) is 5.56 Å². The summed E-state index contributed by atoms with van der Waals surface area (Å²) in [6, 6.07) is 4.64. The lowest BCUT2D eigenvalue weighted by Crippen LogP contribution is -2.39. The molecule has 1 aromatic carbocycles. The molecule has 2 N–H and O–H groups in total. The van der Waals surface area contributed by atoms with Crippen molar-refractivity contribution in [2.45, 2.75) is 0 Å². The Morgan fingerprint density at radius 3 is 2.50 bits per heavy atom. The van der Waals surface area contributed by atoms with Crippen LogP contribution in [0.3, 0.4) is 0 Å². The quantitative estimate of drug-likeness (QED) is 0.647. The molecule has 0 amide bonds. The number of nitrogen functional groups attached to an aromatic ring is 1. The molecule has 104 valence electrons. The van der Waals surface area contributed by atoms with E-state index in [1.807, 2.05) is 0 Å². The van der Waals surface area contributed by atoms with E-state index in [1.54, 1.807) is 6.07 Å². The van der Waals surface area contributed by atoms with Crippen LogP contribution in [0, 0.1) is 0 Å². The first-order valence-electron chi connectivity index (χ1n) is 5.70. The lowest BCUT2D eigenvalue weighted by atomic mass is 10.0. The van der Waals surface area contributed by atoms with E-state index in [0.29, 0.717) is 0 Å². The zero-order valence-corrected chi connectivity index (χ0v) is 11.6. The minimum atomic E-state index is -0.683. The zero-order valence-electron chi connectivity index (χ0n) is 10.9. The second kappa shape index (κ2) is 4.97. The standard InChI is InChI=1S/C13H12ClN3O3/c1-16-6-7(12(19)17(2)13(16)20)11(18)10-8(14)4-3-5-9(10)15/h3-6H,15H2,1-2H3. The average molecular weight is 294 g/mol. The first-order chi connectivity index (χ1) is 9.34. The third kappa shape index (κ3) is 2.14. The highest BCUT2D eigenvalue weighted by molar-refractivity contribution is 6.35. The summed E-state index contributed by atoms with van der Waals surface area (Å²) in [7, 11) is 2.76. The van der Waals surface area contributed by atoms with E-state index in [1.165, 1.54) is 32.4 Å². The molecule has 0 aliphatic carbocycles. The third-order valence-electron chi connectivity index (χ3n) is 2.96. The summed E-state index contributed by atoms with van der Waals surface area (Å²) in [6.07, 6.45) is 1.19. The first kappa shape index (κ1) is 14.1. The van der Waals surface area contributed by atoms with Gasteiger partial charge in [0, 0.05) is 26.0 Å². The molecule has 0 spiro atoms. The highest BCUT2D eigenvalue weighted by Crippen LogP contribution is 2.23. The number of aromatic nitrogens is 2. The fraction of sp³-hybridized carbons (Fsp3) is 0.154. The monoisotopic (exact) mass is 293 g/mol. The molecular weight excluding hydrogens is 282 g/mol. The molecule has 1 aromatic heterocycles. The molecule has 0 bridgehead atoms. The van der Waals surface area contributed by atoms with Crippen LogP contribution in [0.1, 0.15) is 15.9 Å². The number of nitrogens with two attached hydrogens (primary N) is 1. The van der Waals surface area contributed by atoms with E-state index in [2.05, 4.69) is 0 Å². The Morgan fingerprint density at radius 2 is 1.90 bits per heavy atom. The number of ketones is 1. The predicted octanol–water partition coefficient (Wildman–Crippen LogP) is 0.551. The number of nitrogens with zero attached hydrogens (tertiary/aromatic N) is 2. The Hall–Kier alpha value is -2.34. The van der Waals surface area contributed by atoms with E-state index >= 15 is 0 Å². The Labute approximate surface area is 119 Å². The van der Waals surface area contributed by atoms with Crippen molar-refractivity contribution in [3.05, 3.63) is 61.4 Å². The fourth-order valence-corrected chi connectivity index (χ4v) is 2.15. The molecular formula is C13H12ClN3O3. The molecule has 0 unspecified atom stereocenters. The maximum atomic E-state index is 12.4. The van der Waals surface area contributed by atoms with E-state index in [0.717, 1.165) is 9.13 Å². The summed E-state index contributed by atoms with van der Waals surface area (Å²) in [5, 5.41) is 0.158. The van der Waals surface area contributed by atoms with Crippen LogP contribution in [0.5, 0.6) is 0 Å². The number of carbonyl (C=O) groups excluding carboxylic acids is 1. The van der Waals surface area contributed by atoms with E-state index < -0.39 is 17.0 Å². The SMILES string of the molecule is Cn1cc(C(=O)c2c(N)cccc2Cl)c(=O)n(C)c1=O. The van der Waals surface area contributed by atoms with Crippen molar-refractivity contribution in [1.29, 1.82) is 0 Å². The van der Waals surface area contributed by atoms with Crippen molar-refractivity contribution in [3.63, 3.8) is 0 Å². The molecule has 0 atom stereocenters. The van der Waals surface area contributed by atoms with Crippen LogP contribution in [0.25, 0.3) is 0 Å². The van der Waals surface area contributed by atoms with Gasteiger partial charge in [-0.05, 0) is 12.1 Å². The van der Waals surface area contributed by atoms with E-state index in [-0.39, 0.29) is 21.8 Å². The maximum Gasteiger partial charge on any atom is 0.330 e. The molecule has 2 aromatic rings. The lowest BCUT2D eigenvalue weighted by molar-refractivity contribution is 0.103. The van der Waals surface area contributed by atoms with Gasteiger partial charge in [0.2, 0.25) is 5.78 Å². The smallest absolute Gasteiger partial charge is 0.330 e. The topological polar surface area (TPSA) is 87.1 Å². The first-order valence-corrected chi connectivity index (χ1v) is 6.07. The van der Waals surface area contributed by atoms with Gasteiger partial charge in [0.1, 0.15) is 5.56 Å².